The lowest BCUT2D eigenvalue weighted by Crippen LogP contribution is -2.36. The molecule has 7 nitrogen and oxygen atoms in total. The van der Waals surface area contributed by atoms with Crippen LogP contribution < -0.4 is 5.32 Å². The number of ether oxygens (including phenoxy) is 1. The average molecular weight is 382 g/mol. The van der Waals surface area contributed by atoms with Gasteiger partial charge in [0, 0.05) is 18.2 Å². The molecule has 1 atom stereocenters. The molecular formula is C21H22N2O5. The smallest absolute Gasteiger partial charge is 0.331 e. The second-order valence-corrected chi connectivity index (χ2v) is 6.25. The van der Waals surface area contributed by atoms with Crippen LogP contribution in [-0.4, -0.2) is 29.4 Å². The van der Waals surface area contributed by atoms with Crippen molar-refractivity contribution in [1.82, 2.24) is 5.32 Å². The molecule has 0 saturated heterocycles. The maximum absolute atomic E-state index is 11.9. The van der Waals surface area contributed by atoms with Crippen molar-refractivity contribution in [2.24, 2.45) is 0 Å². The molecule has 2 aromatic carbocycles. The topological polar surface area (TPSA) is 98.5 Å². The van der Waals surface area contributed by atoms with Crippen LogP contribution >= 0.6 is 0 Å². The predicted molar refractivity (Wildman–Crippen MR) is 105 cm³/mol. The Morgan fingerprint density at radius 2 is 1.82 bits per heavy atom. The minimum Gasteiger partial charge on any atom is -0.452 e. The number of amides is 1. The van der Waals surface area contributed by atoms with Crippen molar-refractivity contribution >= 4 is 23.6 Å². The minimum absolute atomic E-state index is 0.0612. The summed E-state index contributed by atoms with van der Waals surface area (Å²) in [6, 6.07) is 15.9. The Bertz CT molecular complexity index is 849. The van der Waals surface area contributed by atoms with Gasteiger partial charge in [-0.05, 0) is 37.5 Å². The normalized spacial score (nSPS) is 11.8. The van der Waals surface area contributed by atoms with Crippen LogP contribution in [0.25, 0.3) is 6.08 Å². The molecule has 1 unspecified atom stereocenters. The monoisotopic (exact) mass is 382 g/mol. The van der Waals surface area contributed by atoms with Crippen molar-refractivity contribution in [3.05, 3.63) is 81.9 Å². The van der Waals surface area contributed by atoms with Crippen LogP contribution in [0.3, 0.4) is 0 Å². The molecule has 0 aliphatic rings. The standard InChI is InChI=1S/C21H22N2O5/c1-16(11-12-17-7-3-2-4-8-17)22-20(24)15-28-21(25)14-13-18-9-5-6-10-19(18)23(26)27/h2-10,13-14,16H,11-12,15H2,1H3,(H,22,24). The number of hydrogen-bond acceptors (Lipinski definition) is 5. The van der Waals surface area contributed by atoms with Gasteiger partial charge in [0.25, 0.3) is 11.6 Å². The Hall–Kier alpha value is -3.48. The first-order valence-electron chi connectivity index (χ1n) is 8.87. The second kappa shape index (κ2) is 10.6. The maximum atomic E-state index is 11.9. The molecule has 0 radical (unpaired) electrons. The van der Waals surface area contributed by atoms with Gasteiger partial charge in [-0.15, -0.1) is 0 Å². The molecule has 2 aromatic rings. The van der Waals surface area contributed by atoms with E-state index in [1.165, 1.54) is 29.8 Å². The van der Waals surface area contributed by atoms with E-state index in [9.17, 15) is 19.7 Å². The number of para-hydroxylation sites is 1. The summed E-state index contributed by atoms with van der Waals surface area (Å²) in [5.74, 6) is -1.14. The number of benzene rings is 2. The van der Waals surface area contributed by atoms with E-state index < -0.39 is 23.4 Å². The molecule has 28 heavy (non-hydrogen) atoms. The maximum Gasteiger partial charge on any atom is 0.331 e. The highest BCUT2D eigenvalue weighted by atomic mass is 16.6. The van der Waals surface area contributed by atoms with Crippen molar-refractivity contribution < 1.29 is 19.2 Å². The molecule has 0 bridgehead atoms. The van der Waals surface area contributed by atoms with Crippen LogP contribution in [0.2, 0.25) is 0 Å². The summed E-state index contributed by atoms with van der Waals surface area (Å²) in [6.07, 6.45) is 3.96. The molecule has 1 N–H and O–H groups in total. The third-order valence-corrected chi connectivity index (χ3v) is 3.99. The molecule has 0 heterocycles. The predicted octanol–water partition coefficient (Wildman–Crippen LogP) is 3.29. The van der Waals surface area contributed by atoms with Crippen molar-refractivity contribution in [2.45, 2.75) is 25.8 Å². The highest BCUT2D eigenvalue weighted by molar-refractivity contribution is 5.89. The van der Waals surface area contributed by atoms with Crippen LogP contribution in [0.1, 0.15) is 24.5 Å². The summed E-state index contributed by atoms with van der Waals surface area (Å²) in [6.45, 7) is 1.48. The van der Waals surface area contributed by atoms with E-state index in [0.29, 0.717) is 0 Å². The zero-order valence-electron chi connectivity index (χ0n) is 15.5. The molecule has 0 fully saturated rings. The van der Waals surface area contributed by atoms with E-state index in [1.807, 2.05) is 37.3 Å². The number of rotatable bonds is 9. The summed E-state index contributed by atoms with van der Waals surface area (Å²) >= 11 is 0. The van der Waals surface area contributed by atoms with Gasteiger partial charge >= 0.3 is 5.97 Å². The van der Waals surface area contributed by atoms with E-state index in [4.69, 9.17) is 4.74 Å². The summed E-state index contributed by atoms with van der Waals surface area (Å²) in [5.41, 5.74) is 1.36. The van der Waals surface area contributed by atoms with Gasteiger partial charge in [0.1, 0.15) is 0 Å². The first kappa shape index (κ1) is 20.8. The Morgan fingerprint density at radius 3 is 2.54 bits per heavy atom. The summed E-state index contributed by atoms with van der Waals surface area (Å²) in [7, 11) is 0. The van der Waals surface area contributed by atoms with Crippen molar-refractivity contribution in [2.75, 3.05) is 6.61 Å². The molecular weight excluding hydrogens is 360 g/mol. The van der Waals surface area contributed by atoms with Gasteiger partial charge in [0.15, 0.2) is 6.61 Å². The number of nitrogens with one attached hydrogen (secondary N) is 1. The molecule has 0 aliphatic carbocycles. The zero-order valence-corrected chi connectivity index (χ0v) is 15.5. The van der Waals surface area contributed by atoms with Crippen LogP contribution in [0.5, 0.6) is 0 Å². The highest BCUT2D eigenvalue weighted by Gasteiger charge is 2.12. The largest absolute Gasteiger partial charge is 0.452 e. The Morgan fingerprint density at radius 1 is 1.14 bits per heavy atom. The number of nitro groups is 1. The SMILES string of the molecule is CC(CCc1ccccc1)NC(=O)COC(=O)C=Cc1ccccc1[N+](=O)[O-]. The Labute approximate surface area is 163 Å². The van der Waals surface area contributed by atoms with Crippen LogP contribution in [-0.2, 0) is 20.7 Å². The first-order valence-corrected chi connectivity index (χ1v) is 8.87. The van der Waals surface area contributed by atoms with E-state index in [2.05, 4.69) is 5.32 Å². The number of hydrogen-bond donors (Lipinski definition) is 1. The third kappa shape index (κ3) is 7.03. The van der Waals surface area contributed by atoms with Gasteiger partial charge in [0.05, 0.1) is 10.5 Å². The van der Waals surface area contributed by atoms with Gasteiger partial charge in [-0.25, -0.2) is 4.79 Å². The van der Waals surface area contributed by atoms with Gasteiger partial charge in [-0.2, -0.15) is 0 Å². The molecule has 146 valence electrons. The van der Waals surface area contributed by atoms with Crippen molar-refractivity contribution in [1.29, 1.82) is 0 Å². The number of aryl methyl sites for hydroxylation is 1. The van der Waals surface area contributed by atoms with Crippen LogP contribution in [0.15, 0.2) is 60.7 Å². The molecule has 0 aliphatic heterocycles. The zero-order chi connectivity index (χ0) is 20.4. The lowest BCUT2D eigenvalue weighted by atomic mass is 10.1. The Kier molecular flexibility index (Phi) is 7.90. The van der Waals surface area contributed by atoms with Crippen molar-refractivity contribution in [3.63, 3.8) is 0 Å². The first-order chi connectivity index (χ1) is 13.5. The second-order valence-electron chi connectivity index (χ2n) is 6.25. The third-order valence-electron chi connectivity index (χ3n) is 3.99. The Balaban J connectivity index is 1.74. The molecule has 0 spiro atoms. The molecule has 0 saturated carbocycles. The average Bonchev–Trinajstić information content (AvgIpc) is 2.70. The fourth-order valence-corrected chi connectivity index (χ4v) is 2.55. The molecule has 0 aromatic heterocycles. The number of carbonyl (C=O) groups is 2. The van der Waals surface area contributed by atoms with Crippen molar-refractivity contribution in [3.8, 4) is 0 Å². The summed E-state index contributed by atoms with van der Waals surface area (Å²) in [5, 5.41) is 13.7. The summed E-state index contributed by atoms with van der Waals surface area (Å²) in [4.78, 5) is 34.0. The number of nitro benzene ring substituents is 1. The lowest BCUT2D eigenvalue weighted by Gasteiger charge is -2.13. The minimum atomic E-state index is -0.745. The fraction of sp³-hybridized carbons (Fsp3) is 0.238. The van der Waals surface area contributed by atoms with Gasteiger partial charge < -0.3 is 10.1 Å². The molecule has 2 rings (SSSR count). The quantitative estimate of drug-likeness (QED) is 0.311. The number of nitrogens with zero attached hydrogens (tertiary/aromatic N) is 1. The lowest BCUT2D eigenvalue weighted by molar-refractivity contribution is -0.385. The number of carbonyl (C=O) groups excluding carboxylic acids is 2. The van der Waals surface area contributed by atoms with E-state index in [1.54, 1.807) is 6.07 Å². The van der Waals surface area contributed by atoms with E-state index in [0.717, 1.165) is 18.9 Å². The number of esters is 1. The van der Waals surface area contributed by atoms with Gasteiger partial charge in [-0.1, -0.05) is 42.5 Å². The highest BCUT2D eigenvalue weighted by Crippen LogP contribution is 2.18. The molecule has 7 heteroatoms. The van der Waals surface area contributed by atoms with Crippen LogP contribution in [0.4, 0.5) is 5.69 Å². The molecule has 1 amide bonds. The van der Waals surface area contributed by atoms with E-state index in [-0.39, 0.29) is 17.3 Å². The summed E-state index contributed by atoms with van der Waals surface area (Å²) < 4.78 is 4.88. The fourth-order valence-electron chi connectivity index (χ4n) is 2.55. The van der Waals surface area contributed by atoms with Gasteiger partial charge in [-0.3, -0.25) is 14.9 Å². The van der Waals surface area contributed by atoms with E-state index >= 15 is 0 Å². The van der Waals surface area contributed by atoms with Gasteiger partial charge in [0.2, 0.25) is 0 Å². The van der Waals surface area contributed by atoms with Crippen LogP contribution in [0, 0.1) is 10.1 Å².